The van der Waals surface area contributed by atoms with Gasteiger partial charge in [0.1, 0.15) is 11.5 Å². The van der Waals surface area contributed by atoms with Crippen LogP contribution in [-0.4, -0.2) is 46.8 Å². The molecule has 0 saturated heterocycles. The van der Waals surface area contributed by atoms with Gasteiger partial charge in [-0.25, -0.2) is 22.2 Å². The number of rotatable bonds is 8. The summed E-state index contributed by atoms with van der Waals surface area (Å²) in [7, 11) is -3.14. The Morgan fingerprint density at radius 1 is 1.11 bits per heavy atom. The van der Waals surface area contributed by atoms with E-state index >= 15 is 0 Å². The first-order chi connectivity index (χ1) is 17.6. The number of aromatic nitrogens is 3. The number of nitrogens with one attached hydrogen (secondary N) is 1. The maximum absolute atomic E-state index is 13.8. The van der Waals surface area contributed by atoms with Crippen molar-refractivity contribution in [2.75, 3.05) is 19.5 Å². The second-order valence-corrected chi connectivity index (χ2v) is 11.2. The van der Waals surface area contributed by atoms with Crippen molar-refractivity contribution in [1.82, 2.24) is 13.9 Å². The molecule has 2 aromatic carbocycles. The first-order valence-electron chi connectivity index (χ1n) is 10.9. The zero-order valence-corrected chi connectivity index (χ0v) is 22.1. The first kappa shape index (κ1) is 26.1. The van der Waals surface area contributed by atoms with Gasteiger partial charge in [0.05, 0.1) is 52.4 Å². The number of nitrogens with zero attached hydrogens (tertiary/aromatic N) is 3. The summed E-state index contributed by atoms with van der Waals surface area (Å²) in [5.41, 5.74) is 8.01. The Labute approximate surface area is 216 Å². The van der Waals surface area contributed by atoms with Gasteiger partial charge in [-0.3, -0.25) is 9.19 Å². The third-order valence-corrected chi connectivity index (χ3v) is 8.72. The predicted octanol–water partition coefficient (Wildman–Crippen LogP) is 3.10. The lowest BCUT2D eigenvalue weighted by atomic mass is 10.1. The highest BCUT2D eigenvalue weighted by molar-refractivity contribution is 7.91. The molecule has 0 aliphatic heterocycles. The Morgan fingerprint density at radius 2 is 1.81 bits per heavy atom. The molecule has 0 bridgehead atoms. The van der Waals surface area contributed by atoms with Gasteiger partial charge in [0.2, 0.25) is 5.16 Å². The van der Waals surface area contributed by atoms with Crippen molar-refractivity contribution in [2.45, 2.75) is 29.7 Å². The number of nitrogens with two attached hydrogens (primary N) is 1. The molecule has 0 spiro atoms. The fraction of sp³-hybridized carbons (Fsp3) is 0.208. The van der Waals surface area contributed by atoms with Crippen LogP contribution in [0.25, 0.3) is 11.0 Å². The summed E-state index contributed by atoms with van der Waals surface area (Å²) < 4.78 is 52.9. The molecule has 0 aliphatic rings. The van der Waals surface area contributed by atoms with Crippen molar-refractivity contribution in [3.8, 4) is 11.5 Å². The summed E-state index contributed by atoms with van der Waals surface area (Å²) in [5.74, 6) is 1.01. The van der Waals surface area contributed by atoms with E-state index < -0.39 is 26.9 Å². The number of amides is 2. The van der Waals surface area contributed by atoms with Gasteiger partial charge in [0, 0.05) is 29.1 Å². The number of hydrogen-bond donors (Lipinski definition) is 2. The SMILES string of the molecule is COc1ccc2c(c1)nc(S(=O)Cc1ncc(C)c(OC)c1C)n2S(=O)(=O)c1ccc(NC(N)=O)cc1. The number of benzene rings is 2. The van der Waals surface area contributed by atoms with Gasteiger partial charge in [0.25, 0.3) is 10.0 Å². The molecule has 0 fully saturated rings. The Bertz CT molecular complexity index is 1630. The average Bonchev–Trinajstić information content (AvgIpc) is 3.26. The summed E-state index contributed by atoms with van der Waals surface area (Å²) in [6.07, 6.45) is 1.62. The number of pyridine rings is 1. The monoisotopic (exact) mass is 543 g/mol. The molecule has 4 rings (SSSR count). The van der Waals surface area contributed by atoms with E-state index in [4.69, 9.17) is 15.2 Å². The van der Waals surface area contributed by atoms with Crippen LogP contribution >= 0.6 is 0 Å². The molecule has 0 saturated carbocycles. The first-order valence-corrected chi connectivity index (χ1v) is 13.7. The van der Waals surface area contributed by atoms with Crippen LogP contribution in [0.2, 0.25) is 0 Å². The van der Waals surface area contributed by atoms with Crippen molar-refractivity contribution in [3.63, 3.8) is 0 Å². The van der Waals surface area contributed by atoms with Crippen LogP contribution in [0.4, 0.5) is 10.5 Å². The number of anilines is 1. The maximum atomic E-state index is 13.8. The van der Waals surface area contributed by atoms with Crippen molar-refractivity contribution in [1.29, 1.82) is 0 Å². The van der Waals surface area contributed by atoms with E-state index in [1.165, 1.54) is 31.4 Å². The molecule has 0 radical (unpaired) electrons. The molecule has 11 nitrogen and oxygen atoms in total. The lowest BCUT2D eigenvalue weighted by Gasteiger charge is -2.13. The summed E-state index contributed by atoms with van der Waals surface area (Å²) >= 11 is 0. The van der Waals surface area contributed by atoms with Crippen molar-refractivity contribution in [3.05, 3.63) is 65.5 Å². The van der Waals surface area contributed by atoms with Crippen LogP contribution in [0.5, 0.6) is 11.5 Å². The normalized spacial score (nSPS) is 12.3. The topological polar surface area (TPSA) is 156 Å². The number of imidazole rings is 1. The minimum Gasteiger partial charge on any atom is -0.497 e. The second kappa shape index (κ2) is 10.2. The van der Waals surface area contributed by atoms with Gasteiger partial charge in [0.15, 0.2) is 0 Å². The number of carbonyl (C=O) groups is 1. The Morgan fingerprint density at radius 3 is 2.43 bits per heavy atom. The Hall–Kier alpha value is -3.97. The molecule has 3 N–H and O–H groups in total. The van der Waals surface area contributed by atoms with Crippen LogP contribution in [0.15, 0.2) is 58.7 Å². The summed E-state index contributed by atoms with van der Waals surface area (Å²) in [6, 6.07) is 9.38. The smallest absolute Gasteiger partial charge is 0.316 e. The van der Waals surface area contributed by atoms with Crippen molar-refractivity contribution >= 4 is 43.6 Å². The van der Waals surface area contributed by atoms with Gasteiger partial charge in [-0.2, -0.15) is 0 Å². The lowest BCUT2D eigenvalue weighted by molar-refractivity contribution is 0.259. The van der Waals surface area contributed by atoms with Crippen LogP contribution in [0, 0.1) is 13.8 Å². The third kappa shape index (κ3) is 5.00. The van der Waals surface area contributed by atoms with E-state index in [0.717, 1.165) is 9.54 Å². The van der Waals surface area contributed by atoms with E-state index in [1.54, 1.807) is 38.4 Å². The van der Waals surface area contributed by atoms with Crippen LogP contribution in [-0.2, 0) is 26.6 Å². The highest BCUT2D eigenvalue weighted by atomic mass is 32.2. The number of ether oxygens (including phenoxy) is 2. The summed E-state index contributed by atoms with van der Waals surface area (Å²) in [5, 5.41) is 2.22. The van der Waals surface area contributed by atoms with Gasteiger partial charge in [-0.1, -0.05) is 0 Å². The second-order valence-electron chi connectivity index (χ2n) is 8.07. The lowest BCUT2D eigenvalue weighted by Crippen LogP contribution is -2.20. The Balaban J connectivity index is 1.84. The van der Waals surface area contributed by atoms with Crippen molar-refractivity contribution in [2.24, 2.45) is 5.73 Å². The highest BCUT2D eigenvalue weighted by Crippen LogP contribution is 2.30. The van der Waals surface area contributed by atoms with Gasteiger partial charge < -0.3 is 20.5 Å². The molecule has 13 heteroatoms. The molecule has 2 aromatic heterocycles. The van der Waals surface area contributed by atoms with E-state index in [-0.39, 0.29) is 21.3 Å². The largest absolute Gasteiger partial charge is 0.497 e. The molecule has 4 aromatic rings. The quantitative estimate of drug-likeness (QED) is 0.343. The van der Waals surface area contributed by atoms with Gasteiger partial charge >= 0.3 is 6.03 Å². The molecule has 2 heterocycles. The maximum Gasteiger partial charge on any atom is 0.316 e. The van der Waals surface area contributed by atoms with Gasteiger partial charge in [-0.05, 0) is 50.2 Å². The number of urea groups is 1. The number of primary amides is 1. The molecular weight excluding hydrogens is 518 g/mol. The van der Waals surface area contributed by atoms with Crippen LogP contribution < -0.4 is 20.5 Å². The van der Waals surface area contributed by atoms with Crippen LogP contribution in [0.1, 0.15) is 16.8 Å². The van der Waals surface area contributed by atoms with E-state index in [9.17, 15) is 17.4 Å². The zero-order valence-electron chi connectivity index (χ0n) is 20.5. The molecule has 0 aliphatic carbocycles. The molecule has 194 valence electrons. The predicted molar refractivity (Wildman–Crippen MR) is 139 cm³/mol. The zero-order chi connectivity index (χ0) is 26.9. The summed E-state index contributed by atoms with van der Waals surface area (Å²) in [6.45, 7) is 3.65. The number of methoxy groups -OCH3 is 2. The van der Waals surface area contributed by atoms with Crippen molar-refractivity contribution < 1.29 is 26.9 Å². The van der Waals surface area contributed by atoms with E-state index in [2.05, 4.69) is 15.3 Å². The van der Waals surface area contributed by atoms with E-state index in [0.29, 0.717) is 34.0 Å². The fourth-order valence-electron chi connectivity index (χ4n) is 3.88. The molecule has 37 heavy (non-hydrogen) atoms. The minimum atomic E-state index is -4.25. The van der Waals surface area contributed by atoms with Crippen LogP contribution in [0.3, 0.4) is 0 Å². The number of hydrogen-bond acceptors (Lipinski definition) is 8. The molecule has 1 unspecified atom stereocenters. The Kier molecular flexibility index (Phi) is 7.18. The highest BCUT2D eigenvalue weighted by Gasteiger charge is 2.28. The fourth-order valence-corrected chi connectivity index (χ4v) is 6.93. The van der Waals surface area contributed by atoms with E-state index in [1.807, 2.05) is 6.92 Å². The number of aryl methyl sites for hydroxylation is 1. The molecular formula is C24H25N5O6S2. The summed E-state index contributed by atoms with van der Waals surface area (Å²) in [4.78, 5) is 19.8. The van der Waals surface area contributed by atoms with Gasteiger partial charge in [-0.15, -0.1) is 0 Å². The minimum absolute atomic E-state index is 0.0834. The average molecular weight is 544 g/mol. The number of fused-ring (bicyclic) bond motifs is 1. The third-order valence-electron chi connectivity index (χ3n) is 5.67. The molecule has 2 amide bonds. The number of carbonyl (C=O) groups excluding carboxylic acids is 1. The standard InChI is InChI=1S/C24H25N5O6S2/c1-14-12-26-20(15(2)22(14)35-4)13-36(31)24-28-19-11-17(34-3)7-10-21(19)29(24)37(32,33)18-8-5-16(6-9-18)27-23(25)30/h5-12H,13H2,1-4H3,(H3,25,27,30). The molecule has 1 atom stereocenters.